The van der Waals surface area contributed by atoms with Crippen LogP contribution in [0.5, 0.6) is 0 Å². The van der Waals surface area contributed by atoms with E-state index >= 15 is 0 Å². The van der Waals surface area contributed by atoms with Crippen molar-refractivity contribution in [3.05, 3.63) is 74.5 Å². The molecule has 3 aromatic rings. The maximum atomic E-state index is 12.2. The number of pyridine rings is 1. The van der Waals surface area contributed by atoms with E-state index in [9.17, 15) is 4.79 Å². The third-order valence-corrected chi connectivity index (χ3v) is 4.80. The molecule has 0 bridgehead atoms. The summed E-state index contributed by atoms with van der Waals surface area (Å²) in [5, 5.41) is 1.12. The quantitative estimate of drug-likeness (QED) is 0.688. The molecule has 0 atom stereocenters. The second kappa shape index (κ2) is 6.20. The molecule has 0 aliphatic heterocycles. The van der Waals surface area contributed by atoms with Crippen LogP contribution >= 0.6 is 15.9 Å². The standard InChI is InChI=1S/C19H19BrN2O/c1-13-8-9-18(16(20)10-13)21(2)12-14-11-19(23)22(3)17-7-5-4-6-15(14)17/h4-11H,12H2,1-3H3. The predicted octanol–water partition coefficient (Wildman–Crippen LogP) is 4.25. The lowest BCUT2D eigenvalue weighted by Gasteiger charge is -2.22. The summed E-state index contributed by atoms with van der Waals surface area (Å²) in [4.78, 5) is 14.4. The van der Waals surface area contributed by atoms with E-state index in [0.717, 1.165) is 26.6 Å². The van der Waals surface area contributed by atoms with Gasteiger partial charge in [-0.2, -0.15) is 0 Å². The Morgan fingerprint density at radius 1 is 1.13 bits per heavy atom. The number of aryl methyl sites for hydroxylation is 2. The smallest absolute Gasteiger partial charge is 0.251 e. The molecule has 118 valence electrons. The number of halogens is 1. The van der Waals surface area contributed by atoms with Crippen LogP contribution in [0.3, 0.4) is 0 Å². The van der Waals surface area contributed by atoms with Crippen molar-refractivity contribution >= 4 is 32.5 Å². The third-order valence-electron chi connectivity index (χ3n) is 4.16. The molecule has 1 aromatic heterocycles. The van der Waals surface area contributed by atoms with Crippen LogP contribution in [0.2, 0.25) is 0 Å². The van der Waals surface area contributed by atoms with Gasteiger partial charge in [-0.25, -0.2) is 0 Å². The first-order chi connectivity index (χ1) is 11.0. The molecule has 0 spiro atoms. The van der Waals surface area contributed by atoms with Crippen LogP contribution in [0.4, 0.5) is 5.69 Å². The van der Waals surface area contributed by atoms with Gasteiger partial charge >= 0.3 is 0 Å². The molecule has 0 fully saturated rings. The molecule has 0 radical (unpaired) electrons. The van der Waals surface area contributed by atoms with Gasteiger partial charge in [0.05, 0.1) is 11.2 Å². The van der Waals surface area contributed by atoms with Crippen molar-refractivity contribution < 1.29 is 0 Å². The summed E-state index contributed by atoms with van der Waals surface area (Å²) in [5.74, 6) is 0. The normalized spacial score (nSPS) is 11.0. The summed E-state index contributed by atoms with van der Waals surface area (Å²) in [6.07, 6.45) is 0. The maximum Gasteiger partial charge on any atom is 0.251 e. The monoisotopic (exact) mass is 370 g/mol. The zero-order chi connectivity index (χ0) is 16.6. The average molecular weight is 371 g/mol. The van der Waals surface area contributed by atoms with Crippen molar-refractivity contribution in [2.24, 2.45) is 7.05 Å². The van der Waals surface area contributed by atoms with Gasteiger partial charge in [-0.3, -0.25) is 4.79 Å². The zero-order valence-corrected chi connectivity index (χ0v) is 15.1. The van der Waals surface area contributed by atoms with E-state index < -0.39 is 0 Å². The first-order valence-electron chi connectivity index (χ1n) is 7.52. The SMILES string of the molecule is Cc1ccc(N(C)Cc2cc(=O)n(C)c3ccccc23)c(Br)c1. The van der Waals surface area contributed by atoms with Gasteiger partial charge in [0.1, 0.15) is 0 Å². The van der Waals surface area contributed by atoms with Gasteiger partial charge in [0.2, 0.25) is 0 Å². The molecule has 0 aliphatic rings. The van der Waals surface area contributed by atoms with Crippen molar-refractivity contribution in [3.63, 3.8) is 0 Å². The first-order valence-corrected chi connectivity index (χ1v) is 8.31. The second-order valence-electron chi connectivity index (χ2n) is 5.89. The first kappa shape index (κ1) is 15.8. The molecule has 0 N–H and O–H groups in total. The van der Waals surface area contributed by atoms with Crippen molar-refractivity contribution in [2.45, 2.75) is 13.5 Å². The van der Waals surface area contributed by atoms with Crippen LogP contribution < -0.4 is 10.5 Å². The number of aromatic nitrogens is 1. The lowest BCUT2D eigenvalue weighted by molar-refractivity contribution is 0.878. The van der Waals surface area contributed by atoms with Gasteiger partial charge in [-0.1, -0.05) is 24.3 Å². The fourth-order valence-corrected chi connectivity index (χ4v) is 3.67. The number of para-hydroxylation sites is 1. The van der Waals surface area contributed by atoms with Crippen molar-refractivity contribution in [1.82, 2.24) is 4.57 Å². The molecule has 0 aliphatic carbocycles. The van der Waals surface area contributed by atoms with Crippen LogP contribution in [0.15, 0.2) is 57.8 Å². The van der Waals surface area contributed by atoms with Crippen LogP contribution in [0.25, 0.3) is 10.9 Å². The Morgan fingerprint density at radius 3 is 2.61 bits per heavy atom. The van der Waals surface area contributed by atoms with E-state index in [0.29, 0.717) is 6.54 Å². The molecular weight excluding hydrogens is 352 g/mol. The maximum absolute atomic E-state index is 12.2. The fourth-order valence-electron chi connectivity index (χ4n) is 2.87. The predicted molar refractivity (Wildman–Crippen MR) is 100 cm³/mol. The summed E-state index contributed by atoms with van der Waals surface area (Å²) >= 11 is 3.63. The molecular formula is C19H19BrN2O. The Kier molecular flexibility index (Phi) is 4.26. The van der Waals surface area contributed by atoms with E-state index in [4.69, 9.17) is 0 Å². The zero-order valence-electron chi connectivity index (χ0n) is 13.5. The minimum absolute atomic E-state index is 0.0232. The van der Waals surface area contributed by atoms with Gasteiger partial charge in [0.15, 0.2) is 0 Å². The van der Waals surface area contributed by atoms with Crippen LogP contribution in [-0.4, -0.2) is 11.6 Å². The fraction of sp³-hybridized carbons (Fsp3) is 0.211. The van der Waals surface area contributed by atoms with E-state index in [2.05, 4.69) is 52.0 Å². The van der Waals surface area contributed by atoms with E-state index in [1.165, 1.54) is 5.56 Å². The number of nitrogens with zero attached hydrogens (tertiary/aromatic N) is 2. The number of hydrogen-bond acceptors (Lipinski definition) is 2. The molecule has 0 saturated carbocycles. The van der Waals surface area contributed by atoms with Crippen LogP contribution in [-0.2, 0) is 13.6 Å². The summed E-state index contributed by atoms with van der Waals surface area (Å²) in [6, 6.07) is 16.1. The number of rotatable bonds is 3. The van der Waals surface area contributed by atoms with Gasteiger partial charge in [-0.15, -0.1) is 0 Å². The lowest BCUT2D eigenvalue weighted by Crippen LogP contribution is -2.22. The Balaban J connectivity index is 2.04. The molecule has 0 unspecified atom stereocenters. The van der Waals surface area contributed by atoms with E-state index in [-0.39, 0.29) is 5.56 Å². The number of anilines is 1. The summed E-state index contributed by atoms with van der Waals surface area (Å²) in [6.45, 7) is 2.75. The highest BCUT2D eigenvalue weighted by Crippen LogP contribution is 2.28. The van der Waals surface area contributed by atoms with E-state index in [1.54, 1.807) is 10.6 Å². The minimum atomic E-state index is 0.0232. The molecule has 0 saturated heterocycles. The largest absolute Gasteiger partial charge is 0.369 e. The summed E-state index contributed by atoms with van der Waals surface area (Å²) < 4.78 is 2.76. The average Bonchev–Trinajstić information content (AvgIpc) is 2.52. The van der Waals surface area contributed by atoms with Crippen LogP contribution in [0, 0.1) is 6.92 Å². The number of benzene rings is 2. The summed E-state index contributed by atoms with van der Waals surface area (Å²) in [5.41, 5.74) is 4.36. The molecule has 3 nitrogen and oxygen atoms in total. The highest BCUT2D eigenvalue weighted by Gasteiger charge is 2.11. The van der Waals surface area contributed by atoms with Gasteiger partial charge in [0, 0.05) is 36.6 Å². The molecule has 3 rings (SSSR count). The lowest BCUT2D eigenvalue weighted by atomic mass is 10.1. The number of fused-ring (bicyclic) bond motifs is 1. The van der Waals surface area contributed by atoms with Crippen molar-refractivity contribution in [2.75, 3.05) is 11.9 Å². The Morgan fingerprint density at radius 2 is 1.87 bits per heavy atom. The Hall–Kier alpha value is -2.07. The molecule has 4 heteroatoms. The molecule has 1 heterocycles. The minimum Gasteiger partial charge on any atom is -0.369 e. The molecule has 2 aromatic carbocycles. The molecule has 0 amide bonds. The van der Waals surface area contributed by atoms with Crippen molar-refractivity contribution in [3.8, 4) is 0 Å². The van der Waals surface area contributed by atoms with Gasteiger partial charge < -0.3 is 9.47 Å². The summed E-state index contributed by atoms with van der Waals surface area (Å²) in [7, 11) is 3.86. The van der Waals surface area contributed by atoms with Crippen molar-refractivity contribution in [1.29, 1.82) is 0 Å². The highest BCUT2D eigenvalue weighted by atomic mass is 79.9. The third kappa shape index (κ3) is 3.04. The Bertz CT molecular complexity index is 930. The highest BCUT2D eigenvalue weighted by molar-refractivity contribution is 9.10. The Labute approximate surface area is 144 Å². The van der Waals surface area contributed by atoms with Crippen LogP contribution in [0.1, 0.15) is 11.1 Å². The van der Waals surface area contributed by atoms with Gasteiger partial charge in [0.25, 0.3) is 5.56 Å². The molecule has 23 heavy (non-hydrogen) atoms. The second-order valence-corrected chi connectivity index (χ2v) is 6.75. The van der Waals surface area contributed by atoms with Gasteiger partial charge in [-0.05, 0) is 52.2 Å². The van der Waals surface area contributed by atoms with E-state index in [1.807, 2.05) is 32.3 Å². The topological polar surface area (TPSA) is 25.2 Å². The number of hydrogen-bond donors (Lipinski definition) is 0.